The van der Waals surface area contributed by atoms with Gasteiger partial charge < -0.3 is 14.8 Å². The summed E-state index contributed by atoms with van der Waals surface area (Å²) in [6, 6.07) is 8.60. The van der Waals surface area contributed by atoms with Crippen molar-refractivity contribution in [2.24, 2.45) is 0 Å². The first kappa shape index (κ1) is 18.1. The van der Waals surface area contributed by atoms with Crippen LogP contribution in [-0.2, 0) is 0 Å². The lowest BCUT2D eigenvalue weighted by Crippen LogP contribution is -2.26. The lowest BCUT2D eigenvalue weighted by atomic mass is 10.1. The predicted molar refractivity (Wildman–Crippen MR) is 93.9 cm³/mol. The number of halogens is 1. The number of carbonyl (C=O) groups excluding carboxylic acids is 1. The molecule has 0 spiro atoms. The van der Waals surface area contributed by atoms with Gasteiger partial charge in [0.2, 0.25) is 0 Å². The fourth-order valence-corrected chi connectivity index (χ4v) is 2.37. The molecule has 6 heteroatoms. The summed E-state index contributed by atoms with van der Waals surface area (Å²) in [5, 5.41) is 3.22. The average molecular weight is 349 g/mol. The van der Waals surface area contributed by atoms with E-state index < -0.39 is 0 Å². The van der Waals surface area contributed by atoms with Crippen molar-refractivity contribution in [2.75, 3.05) is 13.7 Å². The number of aromatic nitrogens is 1. The van der Waals surface area contributed by atoms with Crippen molar-refractivity contribution in [3.05, 3.63) is 52.8 Å². The van der Waals surface area contributed by atoms with Gasteiger partial charge in [0, 0.05) is 11.8 Å². The van der Waals surface area contributed by atoms with Crippen LogP contribution in [0.5, 0.6) is 11.5 Å². The molecule has 1 atom stereocenters. The van der Waals surface area contributed by atoms with Crippen LogP contribution in [0.4, 0.5) is 0 Å². The van der Waals surface area contributed by atoms with Crippen LogP contribution in [0.3, 0.4) is 0 Å². The molecule has 1 heterocycles. The highest BCUT2D eigenvalue weighted by Gasteiger charge is 2.14. The van der Waals surface area contributed by atoms with Crippen molar-refractivity contribution < 1.29 is 14.3 Å². The number of amides is 1. The van der Waals surface area contributed by atoms with Crippen molar-refractivity contribution in [1.82, 2.24) is 10.3 Å². The maximum Gasteiger partial charge on any atom is 0.251 e. The number of rotatable bonds is 7. The first-order chi connectivity index (χ1) is 11.5. The van der Waals surface area contributed by atoms with Gasteiger partial charge in [0.05, 0.1) is 19.8 Å². The van der Waals surface area contributed by atoms with Gasteiger partial charge in [0.15, 0.2) is 11.5 Å². The topological polar surface area (TPSA) is 60.5 Å². The van der Waals surface area contributed by atoms with Gasteiger partial charge in [-0.3, -0.25) is 4.79 Å². The number of methoxy groups -OCH3 is 1. The average Bonchev–Trinajstić information content (AvgIpc) is 2.59. The Hall–Kier alpha value is -2.27. The second-order valence-corrected chi connectivity index (χ2v) is 5.71. The third-order valence-corrected chi connectivity index (χ3v) is 3.69. The highest BCUT2D eigenvalue weighted by atomic mass is 35.5. The van der Waals surface area contributed by atoms with Gasteiger partial charge in [-0.25, -0.2) is 4.98 Å². The van der Waals surface area contributed by atoms with Gasteiger partial charge in [-0.1, -0.05) is 24.6 Å². The molecule has 5 nitrogen and oxygen atoms in total. The van der Waals surface area contributed by atoms with Crippen LogP contribution in [0.2, 0.25) is 5.15 Å². The van der Waals surface area contributed by atoms with E-state index in [0.29, 0.717) is 23.7 Å². The first-order valence-electron chi connectivity index (χ1n) is 7.78. The number of hydrogen-bond donors (Lipinski definition) is 1. The van der Waals surface area contributed by atoms with Crippen molar-refractivity contribution >= 4 is 17.5 Å². The van der Waals surface area contributed by atoms with Crippen LogP contribution in [0.1, 0.15) is 42.2 Å². The van der Waals surface area contributed by atoms with Crippen LogP contribution in [0, 0.1) is 0 Å². The summed E-state index contributed by atoms with van der Waals surface area (Å²) >= 11 is 5.82. The van der Waals surface area contributed by atoms with E-state index in [0.717, 1.165) is 12.0 Å². The summed E-state index contributed by atoms with van der Waals surface area (Å²) in [6.45, 7) is 4.58. The number of ether oxygens (including phenoxy) is 2. The monoisotopic (exact) mass is 348 g/mol. The van der Waals surface area contributed by atoms with Crippen molar-refractivity contribution in [1.29, 1.82) is 0 Å². The van der Waals surface area contributed by atoms with Gasteiger partial charge in [0.1, 0.15) is 5.15 Å². The van der Waals surface area contributed by atoms with Gasteiger partial charge in [-0.15, -0.1) is 0 Å². The Balaban J connectivity index is 2.11. The summed E-state index contributed by atoms with van der Waals surface area (Å²) in [7, 11) is 1.60. The largest absolute Gasteiger partial charge is 0.493 e. The van der Waals surface area contributed by atoms with Crippen LogP contribution >= 0.6 is 11.6 Å². The van der Waals surface area contributed by atoms with Gasteiger partial charge in [-0.2, -0.15) is 0 Å². The summed E-state index contributed by atoms with van der Waals surface area (Å²) < 4.78 is 11.0. The number of carbonyl (C=O) groups is 1. The van der Waals surface area contributed by atoms with E-state index in [-0.39, 0.29) is 17.1 Å². The lowest BCUT2D eigenvalue weighted by molar-refractivity contribution is 0.0939. The third-order valence-electron chi connectivity index (χ3n) is 3.49. The molecule has 0 bridgehead atoms. The Morgan fingerprint density at radius 1 is 1.29 bits per heavy atom. The quantitative estimate of drug-likeness (QED) is 0.767. The second-order valence-electron chi connectivity index (χ2n) is 5.32. The summed E-state index contributed by atoms with van der Waals surface area (Å²) in [6.07, 6.45) is 2.43. The molecule has 24 heavy (non-hydrogen) atoms. The van der Waals surface area contributed by atoms with Gasteiger partial charge in [0.25, 0.3) is 5.91 Å². The number of nitrogens with one attached hydrogen (secondary N) is 1. The molecule has 1 unspecified atom stereocenters. The van der Waals surface area contributed by atoms with Gasteiger partial charge in [-0.05, 0) is 43.2 Å². The fraction of sp³-hybridized carbons (Fsp3) is 0.333. The minimum atomic E-state index is -0.211. The third kappa shape index (κ3) is 4.61. The van der Waals surface area contributed by atoms with Crippen molar-refractivity contribution in [3.63, 3.8) is 0 Å². The molecule has 1 N–H and O–H groups in total. The zero-order chi connectivity index (χ0) is 17.5. The smallest absolute Gasteiger partial charge is 0.251 e. The SMILES string of the molecule is CCCOc1ccc(C(C)NC(=O)c2ccnc(Cl)c2)cc1OC. The highest BCUT2D eigenvalue weighted by molar-refractivity contribution is 6.29. The Morgan fingerprint density at radius 3 is 2.75 bits per heavy atom. The number of benzene rings is 1. The first-order valence-corrected chi connectivity index (χ1v) is 8.16. The predicted octanol–water partition coefficient (Wildman–Crippen LogP) is 4.02. The number of hydrogen-bond acceptors (Lipinski definition) is 4. The van der Waals surface area contributed by atoms with E-state index in [1.807, 2.05) is 32.0 Å². The van der Waals surface area contributed by atoms with E-state index in [4.69, 9.17) is 21.1 Å². The summed E-state index contributed by atoms with van der Waals surface area (Å²) in [5.41, 5.74) is 1.39. The van der Waals surface area contributed by atoms with E-state index in [1.54, 1.807) is 13.2 Å². The molecule has 2 rings (SSSR count). The molecule has 0 saturated carbocycles. The lowest BCUT2D eigenvalue weighted by Gasteiger charge is -2.17. The molecule has 128 valence electrons. The molecule has 0 aliphatic heterocycles. The maximum absolute atomic E-state index is 12.3. The van der Waals surface area contributed by atoms with E-state index in [2.05, 4.69) is 10.3 Å². The molecule has 0 aliphatic rings. The molecule has 0 radical (unpaired) electrons. The molecular formula is C18H21ClN2O3. The van der Waals surface area contributed by atoms with Crippen LogP contribution in [0.25, 0.3) is 0 Å². The van der Waals surface area contributed by atoms with Crippen LogP contribution in [0.15, 0.2) is 36.5 Å². The Bertz CT molecular complexity index is 706. The normalized spacial score (nSPS) is 11.7. The fourth-order valence-electron chi connectivity index (χ4n) is 2.19. The Kier molecular flexibility index (Phi) is 6.44. The molecule has 0 fully saturated rings. The molecule has 1 aromatic heterocycles. The maximum atomic E-state index is 12.3. The number of nitrogens with zero attached hydrogens (tertiary/aromatic N) is 1. The van der Waals surface area contributed by atoms with E-state index >= 15 is 0 Å². The zero-order valence-corrected chi connectivity index (χ0v) is 14.8. The molecular weight excluding hydrogens is 328 g/mol. The van der Waals surface area contributed by atoms with Crippen LogP contribution < -0.4 is 14.8 Å². The molecule has 1 amide bonds. The second kappa shape index (κ2) is 8.55. The minimum Gasteiger partial charge on any atom is -0.493 e. The Morgan fingerprint density at radius 2 is 2.08 bits per heavy atom. The zero-order valence-electron chi connectivity index (χ0n) is 14.0. The standard InChI is InChI=1S/C18H21ClN2O3/c1-4-9-24-15-6-5-13(10-16(15)23-3)12(2)21-18(22)14-7-8-20-17(19)11-14/h5-8,10-12H,4,9H2,1-3H3,(H,21,22). The van der Waals surface area contributed by atoms with Gasteiger partial charge >= 0.3 is 0 Å². The molecule has 0 aliphatic carbocycles. The number of pyridine rings is 1. The molecule has 2 aromatic rings. The molecule has 1 aromatic carbocycles. The Labute approximate surface area is 147 Å². The highest BCUT2D eigenvalue weighted by Crippen LogP contribution is 2.30. The van der Waals surface area contributed by atoms with Crippen LogP contribution in [-0.4, -0.2) is 24.6 Å². The minimum absolute atomic E-state index is 0.196. The van der Waals surface area contributed by atoms with E-state index in [1.165, 1.54) is 12.3 Å². The van der Waals surface area contributed by atoms with E-state index in [9.17, 15) is 4.79 Å². The van der Waals surface area contributed by atoms with Crippen molar-refractivity contribution in [3.8, 4) is 11.5 Å². The summed E-state index contributed by atoms with van der Waals surface area (Å²) in [4.78, 5) is 16.2. The van der Waals surface area contributed by atoms with Crippen molar-refractivity contribution in [2.45, 2.75) is 26.3 Å². The molecule has 0 saturated heterocycles. The summed E-state index contributed by atoms with van der Waals surface area (Å²) in [5.74, 6) is 1.13.